The summed E-state index contributed by atoms with van der Waals surface area (Å²) < 4.78 is 0.635. The van der Waals surface area contributed by atoms with Crippen molar-refractivity contribution in [3.8, 4) is 16.9 Å². The van der Waals surface area contributed by atoms with Crippen LogP contribution in [0.3, 0.4) is 0 Å². The Kier molecular flexibility index (Phi) is 2.17. The molecule has 14 heavy (non-hydrogen) atoms. The van der Waals surface area contributed by atoms with Crippen LogP contribution in [-0.4, -0.2) is 15.3 Å². The molecule has 2 rings (SSSR count). The van der Waals surface area contributed by atoms with Crippen molar-refractivity contribution in [1.29, 1.82) is 0 Å². The Morgan fingerprint density at radius 3 is 2.79 bits per heavy atom. The highest BCUT2D eigenvalue weighted by atomic mass is 79.9. The number of halogens is 1. The molecule has 1 aromatic carbocycles. The van der Waals surface area contributed by atoms with Crippen molar-refractivity contribution in [3.63, 3.8) is 0 Å². The molecule has 4 nitrogen and oxygen atoms in total. The van der Waals surface area contributed by atoms with Crippen LogP contribution in [0.1, 0.15) is 0 Å². The van der Waals surface area contributed by atoms with Gasteiger partial charge in [0.15, 0.2) is 0 Å². The van der Waals surface area contributed by atoms with Crippen LogP contribution < -0.4 is 5.73 Å². The largest absolute Gasteiger partial charge is 0.507 e. The van der Waals surface area contributed by atoms with Gasteiger partial charge < -0.3 is 10.8 Å². The fourth-order valence-electron chi connectivity index (χ4n) is 1.20. The Morgan fingerprint density at radius 2 is 2.21 bits per heavy atom. The zero-order chi connectivity index (χ0) is 10.1. The van der Waals surface area contributed by atoms with Crippen LogP contribution in [0.5, 0.6) is 5.75 Å². The molecule has 4 N–H and O–H groups in total. The maximum Gasteiger partial charge on any atom is 0.129 e. The summed E-state index contributed by atoms with van der Waals surface area (Å²) in [6.07, 6.45) is 1.65. The summed E-state index contributed by atoms with van der Waals surface area (Å²) in [6.45, 7) is 0. The summed E-state index contributed by atoms with van der Waals surface area (Å²) in [5.41, 5.74) is 7.39. The van der Waals surface area contributed by atoms with E-state index >= 15 is 0 Å². The van der Waals surface area contributed by atoms with E-state index in [0.29, 0.717) is 10.3 Å². The lowest BCUT2D eigenvalue weighted by molar-refractivity contribution is 0.472. The third kappa shape index (κ3) is 1.46. The van der Waals surface area contributed by atoms with Gasteiger partial charge in [0.1, 0.15) is 11.6 Å². The molecule has 0 saturated carbocycles. The molecule has 0 fully saturated rings. The maximum atomic E-state index is 9.31. The van der Waals surface area contributed by atoms with E-state index in [1.165, 1.54) is 0 Å². The predicted octanol–water partition coefficient (Wildman–Crippen LogP) is 2.13. The minimum Gasteiger partial charge on any atom is -0.507 e. The third-order valence-electron chi connectivity index (χ3n) is 1.93. The van der Waals surface area contributed by atoms with Crippen molar-refractivity contribution in [3.05, 3.63) is 28.9 Å². The normalized spacial score (nSPS) is 10.4. The average Bonchev–Trinajstić information content (AvgIpc) is 2.57. The number of aromatic hydroxyl groups is 1. The van der Waals surface area contributed by atoms with Crippen molar-refractivity contribution in [2.45, 2.75) is 0 Å². The van der Waals surface area contributed by atoms with Gasteiger partial charge in [0.25, 0.3) is 0 Å². The number of benzene rings is 1. The van der Waals surface area contributed by atoms with Gasteiger partial charge in [-0.25, -0.2) is 0 Å². The van der Waals surface area contributed by atoms with Gasteiger partial charge in [-0.15, -0.1) is 0 Å². The van der Waals surface area contributed by atoms with Crippen molar-refractivity contribution >= 4 is 21.7 Å². The quantitative estimate of drug-likeness (QED) is 0.729. The molecule has 5 heteroatoms. The number of aromatic nitrogens is 2. The number of nitrogen functional groups attached to an aromatic ring is 1. The van der Waals surface area contributed by atoms with Crippen molar-refractivity contribution in [2.75, 3.05) is 5.73 Å². The highest BCUT2D eigenvalue weighted by Gasteiger charge is 2.06. The van der Waals surface area contributed by atoms with Gasteiger partial charge in [-0.3, -0.25) is 5.10 Å². The topological polar surface area (TPSA) is 74.9 Å². The first-order chi connectivity index (χ1) is 6.68. The number of phenols is 1. The van der Waals surface area contributed by atoms with Crippen LogP contribution in [0.25, 0.3) is 11.1 Å². The summed E-state index contributed by atoms with van der Waals surface area (Å²) in [7, 11) is 0. The molecule has 0 bridgehead atoms. The van der Waals surface area contributed by atoms with Gasteiger partial charge >= 0.3 is 0 Å². The fourth-order valence-corrected chi connectivity index (χ4v) is 1.58. The zero-order valence-electron chi connectivity index (χ0n) is 7.16. The Morgan fingerprint density at radius 1 is 1.43 bits per heavy atom. The lowest BCUT2D eigenvalue weighted by atomic mass is 10.1. The molecule has 0 aliphatic heterocycles. The predicted molar refractivity (Wildman–Crippen MR) is 57.8 cm³/mol. The van der Waals surface area contributed by atoms with Crippen LogP contribution in [0, 0.1) is 0 Å². The van der Waals surface area contributed by atoms with E-state index in [4.69, 9.17) is 5.73 Å². The smallest absolute Gasteiger partial charge is 0.129 e. The molecule has 0 radical (unpaired) electrons. The number of nitrogens with zero attached hydrogens (tertiary/aromatic N) is 1. The summed E-state index contributed by atoms with van der Waals surface area (Å²) in [4.78, 5) is 0. The number of hydrogen-bond acceptors (Lipinski definition) is 3. The summed E-state index contributed by atoms with van der Waals surface area (Å²) in [6, 6.07) is 5.17. The first-order valence-corrected chi connectivity index (χ1v) is 4.75. The van der Waals surface area contributed by atoms with Crippen LogP contribution in [0.15, 0.2) is 28.9 Å². The van der Waals surface area contributed by atoms with Crippen LogP contribution in [0.4, 0.5) is 5.82 Å². The molecular formula is C9H8BrN3O. The number of H-pyrrole nitrogens is 1. The summed E-state index contributed by atoms with van der Waals surface area (Å²) in [5.74, 6) is 0.721. The van der Waals surface area contributed by atoms with Crippen LogP contribution in [-0.2, 0) is 0 Å². The molecule has 0 saturated heterocycles. The molecule has 1 heterocycles. The number of aromatic amines is 1. The van der Waals surface area contributed by atoms with Crippen molar-refractivity contribution < 1.29 is 5.11 Å². The maximum absolute atomic E-state index is 9.31. The van der Waals surface area contributed by atoms with Crippen molar-refractivity contribution in [2.24, 2.45) is 0 Å². The number of hydrogen-bond donors (Lipinski definition) is 3. The monoisotopic (exact) mass is 253 g/mol. The Labute approximate surface area is 88.9 Å². The van der Waals surface area contributed by atoms with Gasteiger partial charge in [-0.05, 0) is 33.6 Å². The van der Waals surface area contributed by atoms with E-state index in [1.54, 1.807) is 24.4 Å². The zero-order valence-corrected chi connectivity index (χ0v) is 8.75. The lowest BCUT2D eigenvalue weighted by Crippen LogP contribution is -1.87. The van der Waals surface area contributed by atoms with E-state index in [2.05, 4.69) is 26.1 Å². The standard InChI is InChI=1S/C9H8BrN3O/c10-7-3-5(1-2-8(7)14)6-4-12-13-9(6)11/h1-4,14H,(H3,11,12,13). The molecule has 72 valence electrons. The van der Waals surface area contributed by atoms with E-state index in [-0.39, 0.29) is 5.75 Å². The van der Waals surface area contributed by atoms with Crippen molar-refractivity contribution in [1.82, 2.24) is 10.2 Å². The second-order valence-corrected chi connectivity index (χ2v) is 3.72. The van der Waals surface area contributed by atoms with E-state index in [1.807, 2.05) is 0 Å². The average molecular weight is 254 g/mol. The number of rotatable bonds is 1. The second-order valence-electron chi connectivity index (χ2n) is 2.86. The molecule has 0 atom stereocenters. The minimum atomic E-state index is 0.204. The lowest BCUT2D eigenvalue weighted by Gasteiger charge is -2.01. The van der Waals surface area contributed by atoms with Gasteiger partial charge in [0.05, 0.1) is 10.7 Å². The van der Waals surface area contributed by atoms with Crippen LogP contribution in [0.2, 0.25) is 0 Å². The number of phenolic OH excluding ortho intramolecular Hbond substituents is 1. The molecule has 2 aromatic rings. The number of anilines is 1. The molecule has 0 unspecified atom stereocenters. The van der Waals surface area contributed by atoms with Crippen LogP contribution >= 0.6 is 15.9 Å². The molecule has 0 aliphatic rings. The first-order valence-electron chi connectivity index (χ1n) is 3.96. The highest BCUT2D eigenvalue weighted by Crippen LogP contribution is 2.31. The number of nitrogens with two attached hydrogens (primary N) is 1. The highest BCUT2D eigenvalue weighted by molar-refractivity contribution is 9.10. The molecule has 1 aromatic heterocycles. The van der Waals surface area contributed by atoms with E-state index < -0.39 is 0 Å². The Balaban J connectivity index is 2.53. The fraction of sp³-hybridized carbons (Fsp3) is 0. The third-order valence-corrected chi connectivity index (χ3v) is 2.56. The van der Waals surface area contributed by atoms with Gasteiger partial charge in [-0.2, -0.15) is 5.10 Å². The molecule has 0 amide bonds. The SMILES string of the molecule is Nc1[nH]ncc1-c1ccc(O)c(Br)c1. The van der Waals surface area contributed by atoms with E-state index in [9.17, 15) is 5.11 Å². The number of nitrogens with one attached hydrogen (secondary N) is 1. The van der Waals surface area contributed by atoms with Gasteiger partial charge in [0, 0.05) is 5.56 Å². The Hall–Kier alpha value is -1.49. The molecule has 0 aliphatic carbocycles. The minimum absolute atomic E-state index is 0.204. The Bertz CT molecular complexity index is 467. The van der Waals surface area contributed by atoms with E-state index in [0.717, 1.165) is 11.1 Å². The van der Waals surface area contributed by atoms with Gasteiger partial charge in [-0.1, -0.05) is 6.07 Å². The first kappa shape index (κ1) is 9.08. The van der Waals surface area contributed by atoms with Gasteiger partial charge in [0.2, 0.25) is 0 Å². The second kappa shape index (κ2) is 3.34. The molecular weight excluding hydrogens is 246 g/mol. The summed E-state index contributed by atoms with van der Waals surface area (Å²) in [5, 5.41) is 15.8. The summed E-state index contributed by atoms with van der Waals surface area (Å²) >= 11 is 3.23. The molecule has 0 spiro atoms.